The first-order chi connectivity index (χ1) is 31.2. The normalized spacial score (nSPS) is 12.1. The first kappa shape index (κ1) is 34.2. The molecule has 0 atom stereocenters. The molecule has 0 aliphatic carbocycles. The van der Waals surface area contributed by atoms with E-state index < -0.39 is 0 Å². The molecular weight excluding hydrogens is 769 g/mol. The highest BCUT2D eigenvalue weighted by molar-refractivity contribution is 6.25. The molecule has 0 saturated carbocycles. The zero-order chi connectivity index (χ0) is 41.2. The molecule has 10 aromatic carbocycles. The zero-order valence-electron chi connectivity index (χ0n) is 33.8. The van der Waals surface area contributed by atoms with Crippen LogP contribution in [0.4, 0.5) is 0 Å². The summed E-state index contributed by atoms with van der Waals surface area (Å²) in [5.74, 6) is 0. The van der Waals surface area contributed by atoms with E-state index in [1.54, 1.807) is 0 Å². The molecule has 14 aromatic rings. The van der Waals surface area contributed by atoms with Crippen molar-refractivity contribution in [2.75, 3.05) is 0 Å². The summed E-state index contributed by atoms with van der Waals surface area (Å²) in [5.41, 5.74) is 13.2. The summed E-state index contributed by atoms with van der Waals surface area (Å²) in [7, 11) is 0. The highest BCUT2D eigenvalue weighted by atomic mass is 16.3. The largest absolute Gasteiger partial charge is 0.436 e. The van der Waals surface area contributed by atoms with Crippen molar-refractivity contribution in [3.05, 3.63) is 206 Å². The molecule has 292 valence electrons. The highest BCUT2D eigenvalue weighted by Gasteiger charge is 2.19. The van der Waals surface area contributed by atoms with Gasteiger partial charge in [-0.25, -0.2) is 9.97 Å². The monoisotopic (exact) mass is 802 g/mol. The van der Waals surface area contributed by atoms with Crippen LogP contribution in [0.15, 0.2) is 211 Å². The molecule has 4 aromatic heterocycles. The average Bonchev–Trinajstić information content (AvgIpc) is 4.01. The van der Waals surface area contributed by atoms with Crippen molar-refractivity contribution in [3.63, 3.8) is 0 Å². The summed E-state index contributed by atoms with van der Waals surface area (Å²) in [6, 6.07) is 72.2. The number of nitrogens with zero attached hydrogens (tertiary/aromatic N) is 4. The van der Waals surface area contributed by atoms with E-state index in [-0.39, 0.29) is 0 Å². The van der Waals surface area contributed by atoms with Crippen molar-refractivity contribution < 1.29 is 4.42 Å². The number of hydrogen-bond acceptors (Lipinski definition) is 3. The lowest BCUT2D eigenvalue weighted by Crippen LogP contribution is -1.95. The number of hydrogen-bond donors (Lipinski definition) is 0. The molecule has 0 saturated heterocycles. The Bertz CT molecular complexity index is 4210. The molecular formula is C58H34N4O. The number of benzene rings is 10. The van der Waals surface area contributed by atoms with E-state index in [0.717, 1.165) is 55.5 Å². The fraction of sp³-hybridized carbons (Fsp3) is 0. The van der Waals surface area contributed by atoms with Crippen LogP contribution in [0.5, 0.6) is 0 Å². The van der Waals surface area contributed by atoms with E-state index in [9.17, 15) is 0 Å². The summed E-state index contributed by atoms with van der Waals surface area (Å²) in [4.78, 5) is 10.1. The van der Waals surface area contributed by atoms with Crippen LogP contribution in [0.2, 0.25) is 0 Å². The van der Waals surface area contributed by atoms with Gasteiger partial charge in [-0.15, -0.1) is 0 Å². The van der Waals surface area contributed by atoms with E-state index >= 15 is 0 Å². The van der Waals surface area contributed by atoms with Crippen LogP contribution < -0.4 is 0 Å². The number of para-hydroxylation sites is 3. The third-order valence-electron chi connectivity index (χ3n) is 13.2. The Labute approximate surface area is 360 Å². The van der Waals surface area contributed by atoms with Crippen molar-refractivity contribution in [1.82, 2.24) is 19.1 Å². The number of fused-ring (bicyclic) bond motifs is 15. The van der Waals surface area contributed by atoms with Gasteiger partial charge in [0.25, 0.3) is 0 Å². The van der Waals surface area contributed by atoms with E-state index in [2.05, 4.69) is 209 Å². The standard InChI is InChI=1S/C58H34N4O/c1-2-13-39(14-3-1)61-51-19-8-6-17-45(51)48-32-36(22-28-53(48)61)37-23-29-54-49(33-37)46-18-7-9-20-52(46)62(54)40-15-10-12-38(31-40)50-34-59-58-57(60-50)56-47-26-25-42-41-16-5-4-11-35(41)21-24-43(42)44(47)27-30-55(56)63-58/h1-34H. The quantitative estimate of drug-likeness (QED) is 0.167. The van der Waals surface area contributed by atoms with Gasteiger partial charge < -0.3 is 13.6 Å². The van der Waals surface area contributed by atoms with Gasteiger partial charge in [-0.3, -0.25) is 0 Å². The van der Waals surface area contributed by atoms with Gasteiger partial charge in [0.2, 0.25) is 5.71 Å². The zero-order valence-corrected chi connectivity index (χ0v) is 33.8. The van der Waals surface area contributed by atoms with Gasteiger partial charge in [-0.2, -0.15) is 0 Å². The van der Waals surface area contributed by atoms with Gasteiger partial charge >= 0.3 is 0 Å². The molecule has 5 nitrogen and oxygen atoms in total. The van der Waals surface area contributed by atoms with Gasteiger partial charge in [0, 0.05) is 38.5 Å². The van der Waals surface area contributed by atoms with E-state index in [4.69, 9.17) is 14.4 Å². The maximum absolute atomic E-state index is 6.33. The number of rotatable bonds is 4. The van der Waals surface area contributed by atoms with Crippen LogP contribution in [-0.2, 0) is 0 Å². The molecule has 0 aliphatic heterocycles. The third-order valence-corrected chi connectivity index (χ3v) is 13.2. The summed E-state index contributed by atoms with van der Waals surface area (Å²) < 4.78 is 11.1. The Hall–Kier alpha value is -8.54. The Morgan fingerprint density at radius 3 is 1.70 bits per heavy atom. The second kappa shape index (κ2) is 13.0. The smallest absolute Gasteiger partial charge is 0.246 e. The molecule has 0 spiro atoms. The van der Waals surface area contributed by atoms with Crippen molar-refractivity contribution in [3.8, 4) is 33.8 Å². The lowest BCUT2D eigenvalue weighted by Gasteiger charge is -2.11. The van der Waals surface area contributed by atoms with Crippen LogP contribution in [-0.4, -0.2) is 19.1 Å². The van der Waals surface area contributed by atoms with Crippen LogP contribution in [0, 0.1) is 0 Å². The average molecular weight is 803 g/mol. The fourth-order valence-corrected chi connectivity index (χ4v) is 10.3. The van der Waals surface area contributed by atoms with Crippen molar-refractivity contribution in [1.29, 1.82) is 0 Å². The van der Waals surface area contributed by atoms with E-state index in [1.807, 2.05) is 6.20 Å². The fourth-order valence-electron chi connectivity index (χ4n) is 10.3. The van der Waals surface area contributed by atoms with Gasteiger partial charge in [-0.1, -0.05) is 133 Å². The summed E-state index contributed by atoms with van der Waals surface area (Å²) >= 11 is 0. The van der Waals surface area contributed by atoms with Crippen LogP contribution in [0.1, 0.15) is 0 Å². The SMILES string of the molecule is c1ccc(-n2c3ccccc3c3cc(-c4ccc5c(c4)c4ccccc4n5-c4cccc(-c5cnc6oc7ccc8c9ccc%10ccccc%10c9ccc8c7c6n5)c4)ccc32)cc1. The van der Waals surface area contributed by atoms with Crippen molar-refractivity contribution >= 4 is 98.1 Å². The maximum Gasteiger partial charge on any atom is 0.246 e. The predicted octanol–water partition coefficient (Wildman–Crippen LogP) is 15.4. The van der Waals surface area contributed by atoms with Gasteiger partial charge in [0.1, 0.15) is 11.1 Å². The lowest BCUT2D eigenvalue weighted by molar-refractivity contribution is 0.653. The highest BCUT2D eigenvalue weighted by Crippen LogP contribution is 2.41. The molecule has 0 radical (unpaired) electrons. The Morgan fingerprint density at radius 1 is 0.365 bits per heavy atom. The van der Waals surface area contributed by atoms with Crippen LogP contribution >= 0.6 is 0 Å². The molecule has 0 amide bonds. The number of aromatic nitrogens is 4. The first-order valence-electron chi connectivity index (χ1n) is 21.4. The van der Waals surface area contributed by atoms with E-state index in [0.29, 0.717) is 5.71 Å². The van der Waals surface area contributed by atoms with Gasteiger partial charge in [0.05, 0.1) is 39.3 Å². The van der Waals surface area contributed by atoms with Crippen LogP contribution in [0.25, 0.3) is 132 Å². The predicted molar refractivity (Wildman–Crippen MR) is 261 cm³/mol. The first-order valence-corrected chi connectivity index (χ1v) is 21.4. The Balaban J connectivity index is 0.893. The summed E-state index contributed by atoms with van der Waals surface area (Å²) in [5, 5.41) is 13.1. The minimum Gasteiger partial charge on any atom is -0.436 e. The lowest BCUT2D eigenvalue weighted by atomic mass is 9.95. The molecule has 14 rings (SSSR count). The Kier molecular flexibility index (Phi) is 7.05. The molecule has 5 heteroatoms. The van der Waals surface area contributed by atoms with E-state index in [1.165, 1.54) is 70.6 Å². The third kappa shape index (κ3) is 4.99. The Morgan fingerprint density at radius 2 is 0.937 bits per heavy atom. The maximum atomic E-state index is 6.33. The minimum absolute atomic E-state index is 0.537. The van der Waals surface area contributed by atoms with Crippen LogP contribution in [0.3, 0.4) is 0 Å². The number of furan rings is 1. The molecule has 0 aliphatic rings. The molecule has 0 bridgehead atoms. The van der Waals surface area contributed by atoms with Crippen molar-refractivity contribution in [2.45, 2.75) is 0 Å². The topological polar surface area (TPSA) is 48.8 Å². The van der Waals surface area contributed by atoms with Gasteiger partial charge in [0.15, 0.2) is 0 Å². The molecule has 4 heterocycles. The van der Waals surface area contributed by atoms with Gasteiger partial charge in [-0.05, 0) is 110 Å². The molecule has 0 N–H and O–H groups in total. The van der Waals surface area contributed by atoms with Crippen molar-refractivity contribution in [2.24, 2.45) is 0 Å². The molecule has 0 unspecified atom stereocenters. The second-order valence-corrected chi connectivity index (χ2v) is 16.5. The molecule has 63 heavy (non-hydrogen) atoms. The second-order valence-electron chi connectivity index (χ2n) is 16.5. The summed E-state index contributed by atoms with van der Waals surface area (Å²) in [6.45, 7) is 0. The minimum atomic E-state index is 0.537. The molecule has 0 fully saturated rings. The summed E-state index contributed by atoms with van der Waals surface area (Å²) in [6.07, 6.45) is 1.83.